The van der Waals surface area contributed by atoms with Crippen molar-refractivity contribution >= 4 is 159 Å². The van der Waals surface area contributed by atoms with Crippen LogP contribution in [0.15, 0.2) is 406 Å². The Labute approximate surface area is 718 Å². The van der Waals surface area contributed by atoms with Gasteiger partial charge in [0.25, 0.3) is 0 Å². The first-order chi connectivity index (χ1) is 60.9. The molecule has 0 saturated carbocycles. The summed E-state index contributed by atoms with van der Waals surface area (Å²) in [5.41, 5.74) is 11.3. The van der Waals surface area contributed by atoms with Crippen LogP contribution in [0.1, 0.15) is 0 Å². The van der Waals surface area contributed by atoms with E-state index >= 15 is 0 Å². The molecule has 123 heavy (non-hydrogen) atoms. The van der Waals surface area contributed by atoms with Crippen molar-refractivity contribution in [3.8, 4) is 114 Å². The molecule has 0 atom stereocenters. The summed E-state index contributed by atoms with van der Waals surface area (Å²) in [6.45, 7) is 0. The van der Waals surface area contributed by atoms with Crippen molar-refractivity contribution in [3.05, 3.63) is 406 Å². The zero-order valence-electron chi connectivity index (χ0n) is 65.9. The number of hydrogen-bond donors (Lipinski definition) is 0. The molecule has 0 saturated heterocycles. The molecule has 0 spiro atoms. The molecule has 0 aliphatic carbocycles. The molecule has 574 valence electrons. The van der Waals surface area contributed by atoms with Gasteiger partial charge in [-0.25, -0.2) is 44.9 Å². The maximum absolute atomic E-state index is 5.24. The Morgan fingerprint density at radius 3 is 1.03 bits per heavy atom. The smallest absolute Gasteiger partial charge is 0.165 e. The highest BCUT2D eigenvalue weighted by atomic mass is 32.1. The van der Waals surface area contributed by atoms with Gasteiger partial charge < -0.3 is 0 Å². The molecule has 0 amide bonds. The number of aromatic nitrogens is 9. The molecule has 25 rings (SSSR count). The van der Waals surface area contributed by atoms with Gasteiger partial charge in [-0.1, -0.05) is 358 Å². The van der Waals surface area contributed by atoms with Gasteiger partial charge in [0.1, 0.15) is 0 Å². The summed E-state index contributed by atoms with van der Waals surface area (Å²) in [7, 11) is 0. The molecule has 0 N–H and O–H groups in total. The number of benzene rings is 19. The lowest BCUT2D eigenvalue weighted by Crippen LogP contribution is -2.01. The normalized spacial score (nSPS) is 11.6. The second-order valence-electron chi connectivity index (χ2n) is 30.5. The summed E-state index contributed by atoms with van der Waals surface area (Å²) >= 11 is 5.40. The van der Waals surface area contributed by atoms with Crippen LogP contribution in [0.5, 0.6) is 0 Å². The highest BCUT2D eigenvalue weighted by Crippen LogP contribution is 2.46. The second kappa shape index (κ2) is 31.0. The Bertz CT molecular complexity index is 8460. The predicted molar refractivity (Wildman–Crippen MR) is 518 cm³/mol. The van der Waals surface area contributed by atoms with Crippen LogP contribution in [0.3, 0.4) is 0 Å². The first kappa shape index (κ1) is 72.6. The van der Waals surface area contributed by atoms with Crippen LogP contribution in [-0.2, 0) is 0 Å². The second-order valence-corrected chi connectivity index (χ2v) is 33.8. The van der Waals surface area contributed by atoms with E-state index in [4.69, 9.17) is 44.9 Å². The third-order valence-electron chi connectivity index (χ3n) is 23.2. The molecular formula is C111H67N9S3. The largest absolute Gasteiger partial charge is 0.208 e. The summed E-state index contributed by atoms with van der Waals surface area (Å²) in [4.78, 5) is 46.0. The molecule has 9 nitrogen and oxygen atoms in total. The van der Waals surface area contributed by atoms with E-state index in [2.05, 4.69) is 364 Å². The van der Waals surface area contributed by atoms with Gasteiger partial charge in [0.05, 0.1) is 0 Å². The molecule has 12 heteroatoms. The topological polar surface area (TPSA) is 116 Å². The monoisotopic (exact) mass is 1620 g/mol. The molecule has 19 aromatic carbocycles. The van der Waals surface area contributed by atoms with E-state index in [1.807, 2.05) is 42.5 Å². The molecule has 6 heterocycles. The summed E-state index contributed by atoms with van der Waals surface area (Å²) < 4.78 is 7.43. The van der Waals surface area contributed by atoms with E-state index in [1.54, 1.807) is 34.0 Å². The van der Waals surface area contributed by atoms with Crippen molar-refractivity contribution in [2.45, 2.75) is 0 Å². The van der Waals surface area contributed by atoms with Gasteiger partial charge in [-0.05, 0) is 119 Å². The average molecular weight is 1620 g/mol. The van der Waals surface area contributed by atoms with Gasteiger partial charge in [-0.2, -0.15) is 0 Å². The third kappa shape index (κ3) is 13.4. The van der Waals surface area contributed by atoms with E-state index < -0.39 is 0 Å². The standard InChI is InChI=1S/C41H25N3S.2C35H21N3S/c1-2-10-26(11-3-1)27-20-24-30(25-21-27)39-42-40(33-16-8-13-29-23-22-28-12-4-5-14-31(28)37(29)33)44-41(43-39)34-17-9-19-36-38(34)32-15-6-7-18-35(32)45-36;1-2-11-22(12-3-1)33-36-34(29-19-10-18-28-27-17-8-9-20-31(27)39-32(28)29)38-35(37-33)30-21-23-13-4-5-14-24(23)25-15-6-7-16-26(25)30;1-2-10-24(11-3-1)33-36-34(25-20-19-23-18-17-22-9-4-5-12-26(22)29(23)21-25)38-35(37-33)28-14-8-16-31-32(28)27-13-6-7-15-30(27)39-31/h1-25H;2*1-21H. The van der Waals surface area contributed by atoms with Crippen molar-refractivity contribution in [1.82, 2.24) is 44.9 Å². The quantitative estimate of drug-likeness (QED) is 0.123. The van der Waals surface area contributed by atoms with E-state index in [0.29, 0.717) is 52.4 Å². The minimum atomic E-state index is 0.656. The highest BCUT2D eigenvalue weighted by molar-refractivity contribution is 7.27. The maximum atomic E-state index is 5.24. The fourth-order valence-electron chi connectivity index (χ4n) is 17.3. The van der Waals surface area contributed by atoms with Gasteiger partial charge in [-0.3, -0.25) is 0 Å². The summed E-state index contributed by atoms with van der Waals surface area (Å²) in [5.74, 6) is 6.07. The lowest BCUT2D eigenvalue weighted by atomic mass is 9.97. The van der Waals surface area contributed by atoms with Crippen LogP contribution in [0, 0.1) is 0 Å². The van der Waals surface area contributed by atoms with Crippen LogP contribution in [0.2, 0.25) is 0 Å². The van der Waals surface area contributed by atoms with E-state index in [0.717, 1.165) is 71.8 Å². The number of thiophene rings is 3. The number of hydrogen-bond acceptors (Lipinski definition) is 12. The van der Waals surface area contributed by atoms with Crippen molar-refractivity contribution in [1.29, 1.82) is 0 Å². The van der Waals surface area contributed by atoms with Crippen molar-refractivity contribution < 1.29 is 0 Å². The maximum Gasteiger partial charge on any atom is 0.165 e. The zero-order chi connectivity index (χ0) is 81.3. The van der Waals surface area contributed by atoms with Gasteiger partial charge in [0.15, 0.2) is 52.4 Å². The fraction of sp³-hybridized carbons (Fsp3) is 0. The minimum Gasteiger partial charge on any atom is -0.208 e. The molecule has 0 fully saturated rings. The van der Waals surface area contributed by atoms with Gasteiger partial charge >= 0.3 is 0 Å². The van der Waals surface area contributed by atoms with Crippen LogP contribution < -0.4 is 0 Å². The number of nitrogens with zero attached hydrogens (tertiary/aromatic N) is 9. The van der Waals surface area contributed by atoms with Gasteiger partial charge in [-0.15, -0.1) is 34.0 Å². The average Bonchev–Trinajstić information content (AvgIpc) is 1.69. The van der Waals surface area contributed by atoms with E-state index in [1.165, 1.54) is 115 Å². The van der Waals surface area contributed by atoms with Crippen LogP contribution in [-0.4, -0.2) is 44.9 Å². The molecule has 0 radical (unpaired) electrons. The fourth-order valence-corrected chi connectivity index (χ4v) is 20.8. The first-order valence-electron chi connectivity index (χ1n) is 41.0. The molecule has 0 bridgehead atoms. The van der Waals surface area contributed by atoms with Crippen molar-refractivity contribution in [2.24, 2.45) is 0 Å². The minimum absolute atomic E-state index is 0.656. The van der Waals surface area contributed by atoms with E-state index in [9.17, 15) is 0 Å². The molecule has 0 aliphatic heterocycles. The van der Waals surface area contributed by atoms with Crippen LogP contribution >= 0.6 is 34.0 Å². The molecule has 0 aliphatic rings. The molecule has 6 aromatic heterocycles. The summed E-state index contributed by atoms with van der Waals surface area (Å²) in [6, 6.07) is 142. The van der Waals surface area contributed by atoms with Crippen molar-refractivity contribution in [2.75, 3.05) is 0 Å². The Kier molecular flexibility index (Phi) is 18.3. The summed E-state index contributed by atoms with van der Waals surface area (Å²) in [5, 5.41) is 21.6. The Hall–Kier alpha value is -15.6. The third-order valence-corrected chi connectivity index (χ3v) is 26.7. The number of fused-ring (bicyclic) bond motifs is 18. The van der Waals surface area contributed by atoms with Gasteiger partial charge in [0.2, 0.25) is 0 Å². The molecule has 0 unspecified atom stereocenters. The molecule has 25 aromatic rings. The zero-order valence-corrected chi connectivity index (χ0v) is 68.4. The summed E-state index contributed by atoms with van der Waals surface area (Å²) in [6.07, 6.45) is 0. The van der Waals surface area contributed by atoms with Crippen LogP contribution in [0.4, 0.5) is 0 Å². The van der Waals surface area contributed by atoms with E-state index in [-0.39, 0.29) is 0 Å². The Morgan fingerprint density at radius 2 is 0.455 bits per heavy atom. The lowest BCUT2D eigenvalue weighted by molar-refractivity contribution is 1.08. The molecular weight excluding hydrogens is 1560 g/mol. The van der Waals surface area contributed by atoms with Crippen molar-refractivity contribution in [3.63, 3.8) is 0 Å². The van der Waals surface area contributed by atoms with Crippen LogP contribution in [0.25, 0.3) is 239 Å². The first-order valence-corrected chi connectivity index (χ1v) is 43.4. The SMILES string of the molecule is c1ccc(-c2ccc(-c3nc(-c4cccc5ccc6ccccc6c45)nc(-c4cccc5sc6ccccc6c45)n3)cc2)cc1.c1ccc(-c2nc(-c3cc4ccccc4c4ccccc34)nc(-c3cccc4c3sc3ccccc34)n2)cc1.c1ccc(-c2nc(-c3ccc4ccc5ccccc5c4c3)nc(-c3cccc4sc5ccccc5c34)n2)cc1. The highest BCUT2D eigenvalue weighted by Gasteiger charge is 2.24. The lowest BCUT2D eigenvalue weighted by Gasteiger charge is -2.13. The van der Waals surface area contributed by atoms with Gasteiger partial charge in [0, 0.05) is 116 Å². The Morgan fingerprint density at radius 1 is 0.138 bits per heavy atom. The number of rotatable bonds is 10. The predicted octanol–water partition coefficient (Wildman–Crippen LogP) is 30.3. The Balaban J connectivity index is 0.000000107.